The van der Waals surface area contributed by atoms with Crippen molar-refractivity contribution in [3.8, 4) is 0 Å². The minimum Gasteiger partial charge on any atom is -0.314 e. The van der Waals surface area contributed by atoms with Gasteiger partial charge in [0.2, 0.25) is 0 Å². The van der Waals surface area contributed by atoms with E-state index >= 15 is 0 Å². The quantitative estimate of drug-likeness (QED) is 0.887. The molecule has 0 amide bonds. The van der Waals surface area contributed by atoms with Gasteiger partial charge in [0.25, 0.3) is 0 Å². The maximum atomic E-state index is 11.2. The number of hydrogen-bond acceptors (Lipinski definition) is 3. The van der Waals surface area contributed by atoms with Gasteiger partial charge in [-0.1, -0.05) is 18.2 Å². The Bertz CT molecular complexity index is 383. The average molecular weight is 269 g/mol. The van der Waals surface area contributed by atoms with Crippen molar-refractivity contribution in [1.29, 1.82) is 0 Å². The zero-order valence-corrected chi connectivity index (χ0v) is 11.9. The van der Waals surface area contributed by atoms with Crippen molar-refractivity contribution >= 4 is 22.6 Å². The molecule has 3 atom stereocenters. The van der Waals surface area contributed by atoms with Gasteiger partial charge < -0.3 is 5.32 Å². The van der Waals surface area contributed by atoms with E-state index in [4.69, 9.17) is 0 Å². The third kappa shape index (κ3) is 3.57. The molecule has 0 fully saturated rings. The molecule has 3 unspecified atom stereocenters. The number of nitrogens with one attached hydrogen (secondary N) is 1. The van der Waals surface area contributed by atoms with Gasteiger partial charge in [-0.25, -0.2) is 0 Å². The summed E-state index contributed by atoms with van der Waals surface area (Å²) in [6, 6.07) is 8.62. The van der Waals surface area contributed by atoms with Crippen molar-refractivity contribution in [2.24, 2.45) is 0 Å². The van der Waals surface area contributed by atoms with E-state index in [0.29, 0.717) is 5.25 Å². The first-order chi connectivity index (χ1) is 8.16. The normalized spacial score (nSPS) is 22.1. The molecule has 0 aromatic heterocycles. The van der Waals surface area contributed by atoms with Crippen LogP contribution >= 0.6 is 11.8 Å². The highest BCUT2D eigenvalue weighted by Crippen LogP contribution is 2.36. The Kier molecular flexibility index (Phi) is 4.65. The lowest BCUT2D eigenvalue weighted by atomic mass is 10.1. The standard InChI is InChI=1S/C13H19NOS2/c1-10(17(2)15)8-14-9-12-7-11-5-3-4-6-13(11)16-12/h3-6,10,12,14H,7-9H2,1-2H3. The van der Waals surface area contributed by atoms with E-state index in [9.17, 15) is 4.21 Å². The van der Waals surface area contributed by atoms with E-state index in [2.05, 4.69) is 29.6 Å². The smallest absolute Gasteiger partial charge is 0.0441 e. The Hall–Kier alpha value is -0.320. The fourth-order valence-electron chi connectivity index (χ4n) is 1.93. The molecule has 0 saturated heterocycles. The van der Waals surface area contributed by atoms with Gasteiger partial charge in [-0.3, -0.25) is 4.21 Å². The summed E-state index contributed by atoms with van der Waals surface area (Å²) in [7, 11) is -0.723. The summed E-state index contributed by atoms with van der Waals surface area (Å²) in [4.78, 5) is 1.42. The molecule has 2 nitrogen and oxygen atoms in total. The molecule has 1 aliphatic heterocycles. The molecule has 94 valence electrons. The fourth-order valence-corrected chi connectivity index (χ4v) is 3.57. The molecule has 0 aliphatic carbocycles. The summed E-state index contributed by atoms with van der Waals surface area (Å²) in [6.45, 7) is 3.87. The van der Waals surface area contributed by atoms with E-state index in [0.717, 1.165) is 19.5 Å². The van der Waals surface area contributed by atoms with Crippen LogP contribution in [0.5, 0.6) is 0 Å². The molecule has 1 aromatic carbocycles. The van der Waals surface area contributed by atoms with E-state index in [1.165, 1.54) is 10.5 Å². The maximum Gasteiger partial charge on any atom is 0.0441 e. The second kappa shape index (κ2) is 6.03. The lowest BCUT2D eigenvalue weighted by molar-refractivity contribution is 0.637. The van der Waals surface area contributed by atoms with Gasteiger partial charge in [0, 0.05) is 45.5 Å². The summed E-state index contributed by atoms with van der Waals surface area (Å²) in [5, 5.41) is 4.30. The SMILES string of the molecule is CC(CNCC1Cc2ccccc2S1)S(C)=O. The van der Waals surface area contributed by atoms with Crippen LogP contribution in [0.25, 0.3) is 0 Å². The van der Waals surface area contributed by atoms with Gasteiger partial charge >= 0.3 is 0 Å². The van der Waals surface area contributed by atoms with E-state index in [1.807, 2.05) is 18.7 Å². The summed E-state index contributed by atoms with van der Waals surface area (Å²) >= 11 is 1.96. The molecule has 1 heterocycles. The average Bonchev–Trinajstić information content (AvgIpc) is 2.71. The minimum absolute atomic E-state index is 0.240. The minimum atomic E-state index is -0.723. The van der Waals surface area contributed by atoms with Crippen molar-refractivity contribution in [1.82, 2.24) is 5.32 Å². The molecular weight excluding hydrogens is 250 g/mol. The second-order valence-electron chi connectivity index (χ2n) is 4.52. The Morgan fingerprint density at radius 3 is 3.00 bits per heavy atom. The van der Waals surface area contributed by atoms with Crippen LogP contribution in [0.4, 0.5) is 0 Å². The van der Waals surface area contributed by atoms with Gasteiger partial charge in [0.15, 0.2) is 0 Å². The van der Waals surface area contributed by atoms with Crippen molar-refractivity contribution < 1.29 is 4.21 Å². The summed E-state index contributed by atoms with van der Waals surface area (Å²) in [6.07, 6.45) is 2.92. The van der Waals surface area contributed by atoms with Crippen LogP contribution in [0.2, 0.25) is 0 Å². The first kappa shape index (κ1) is 13.1. The molecule has 17 heavy (non-hydrogen) atoms. The van der Waals surface area contributed by atoms with Crippen LogP contribution in [0.15, 0.2) is 29.2 Å². The van der Waals surface area contributed by atoms with Crippen LogP contribution < -0.4 is 5.32 Å². The van der Waals surface area contributed by atoms with Gasteiger partial charge in [0.05, 0.1) is 0 Å². The van der Waals surface area contributed by atoms with Crippen LogP contribution in [-0.4, -0.2) is 34.1 Å². The van der Waals surface area contributed by atoms with E-state index in [-0.39, 0.29) is 5.25 Å². The Morgan fingerprint density at radius 2 is 2.29 bits per heavy atom. The maximum absolute atomic E-state index is 11.2. The molecule has 0 spiro atoms. The first-order valence-corrected chi connectivity index (χ1v) is 8.44. The van der Waals surface area contributed by atoms with Gasteiger partial charge in [-0.2, -0.15) is 0 Å². The monoisotopic (exact) mass is 269 g/mol. The molecule has 0 bridgehead atoms. The molecule has 0 saturated carbocycles. The lowest BCUT2D eigenvalue weighted by Crippen LogP contribution is -2.32. The second-order valence-corrected chi connectivity index (χ2v) is 7.66. The van der Waals surface area contributed by atoms with Crippen molar-refractivity contribution in [2.45, 2.75) is 28.7 Å². The first-order valence-electron chi connectivity index (χ1n) is 5.94. The molecule has 0 radical (unpaired) electrons. The third-order valence-corrected chi connectivity index (χ3v) is 5.70. The Balaban J connectivity index is 1.75. The van der Waals surface area contributed by atoms with E-state index < -0.39 is 10.8 Å². The van der Waals surface area contributed by atoms with Crippen LogP contribution in [0.3, 0.4) is 0 Å². The number of fused-ring (bicyclic) bond motifs is 1. The Labute approximate surface area is 110 Å². The van der Waals surface area contributed by atoms with Crippen molar-refractivity contribution in [3.63, 3.8) is 0 Å². The summed E-state index contributed by atoms with van der Waals surface area (Å²) in [5.74, 6) is 0. The van der Waals surface area contributed by atoms with E-state index in [1.54, 1.807) is 6.26 Å². The van der Waals surface area contributed by atoms with Crippen LogP contribution in [-0.2, 0) is 17.2 Å². The Morgan fingerprint density at radius 1 is 1.53 bits per heavy atom. The molecule has 4 heteroatoms. The highest BCUT2D eigenvalue weighted by molar-refractivity contribution is 8.00. The largest absolute Gasteiger partial charge is 0.314 e. The zero-order valence-electron chi connectivity index (χ0n) is 10.3. The van der Waals surface area contributed by atoms with Crippen LogP contribution in [0, 0.1) is 0 Å². The van der Waals surface area contributed by atoms with Gasteiger partial charge in [-0.05, 0) is 25.0 Å². The number of rotatable bonds is 5. The van der Waals surface area contributed by atoms with Crippen molar-refractivity contribution in [3.05, 3.63) is 29.8 Å². The fraction of sp³-hybridized carbons (Fsp3) is 0.538. The summed E-state index contributed by atoms with van der Waals surface area (Å²) in [5.41, 5.74) is 1.47. The van der Waals surface area contributed by atoms with Crippen molar-refractivity contribution in [2.75, 3.05) is 19.3 Å². The molecule has 1 N–H and O–H groups in total. The predicted molar refractivity (Wildman–Crippen MR) is 76.2 cm³/mol. The topological polar surface area (TPSA) is 29.1 Å². The lowest BCUT2D eigenvalue weighted by Gasteiger charge is -2.13. The number of benzene rings is 1. The predicted octanol–water partition coefficient (Wildman–Crippen LogP) is 2.06. The van der Waals surface area contributed by atoms with Gasteiger partial charge in [-0.15, -0.1) is 11.8 Å². The highest BCUT2D eigenvalue weighted by Gasteiger charge is 2.21. The third-order valence-electron chi connectivity index (χ3n) is 3.08. The molecule has 1 aromatic rings. The zero-order chi connectivity index (χ0) is 12.3. The molecular formula is C13H19NOS2. The van der Waals surface area contributed by atoms with Crippen LogP contribution in [0.1, 0.15) is 12.5 Å². The highest BCUT2D eigenvalue weighted by atomic mass is 32.2. The number of thioether (sulfide) groups is 1. The summed E-state index contributed by atoms with van der Waals surface area (Å²) < 4.78 is 11.2. The van der Waals surface area contributed by atoms with Gasteiger partial charge in [0.1, 0.15) is 0 Å². The number of hydrogen-bond donors (Lipinski definition) is 1. The molecule has 1 aliphatic rings. The molecule has 2 rings (SSSR count).